The summed E-state index contributed by atoms with van der Waals surface area (Å²) in [6.07, 6.45) is 3.77. The zero-order chi connectivity index (χ0) is 24.8. The highest BCUT2D eigenvalue weighted by atomic mass is 16.5. The number of hydrogen-bond acceptors (Lipinski definition) is 4. The van der Waals surface area contributed by atoms with Crippen LogP contribution >= 0.6 is 0 Å². The SMILES string of the molecule is CCC[C@H](CC(=O)O)NC(=O)[C@@H]1CCC[C@H](NC(=O)OCC2c3ccccc3-c3ccccc32)C1. The van der Waals surface area contributed by atoms with Gasteiger partial charge in [-0.25, -0.2) is 4.79 Å². The molecule has 0 spiro atoms. The number of rotatable bonds is 9. The van der Waals surface area contributed by atoms with Gasteiger partial charge in [0.25, 0.3) is 0 Å². The van der Waals surface area contributed by atoms with E-state index in [4.69, 9.17) is 9.84 Å². The highest BCUT2D eigenvalue weighted by Gasteiger charge is 2.31. The highest BCUT2D eigenvalue weighted by molar-refractivity contribution is 5.80. The van der Waals surface area contributed by atoms with Gasteiger partial charge in [-0.15, -0.1) is 0 Å². The lowest BCUT2D eigenvalue weighted by Crippen LogP contribution is -2.45. The van der Waals surface area contributed by atoms with Crippen LogP contribution in [-0.2, 0) is 14.3 Å². The van der Waals surface area contributed by atoms with E-state index in [-0.39, 0.29) is 42.9 Å². The molecule has 7 heteroatoms. The fourth-order valence-electron chi connectivity index (χ4n) is 5.47. The van der Waals surface area contributed by atoms with Gasteiger partial charge < -0.3 is 20.5 Å². The molecule has 3 N–H and O–H groups in total. The van der Waals surface area contributed by atoms with Crippen LogP contribution in [0.3, 0.4) is 0 Å². The molecular formula is C28H34N2O5. The number of aliphatic carboxylic acids is 1. The maximum atomic E-state index is 12.8. The van der Waals surface area contributed by atoms with E-state index in [1.165, 1.54) is 22.3 Å². The Kier molecular flexibility index (Phi) is 8.06. The molecular weight excluding hydrogens is 444 g/mol. The van der Waals surface area contributed by atoms with Crippen molar-refractivity contribution in [3.05, 3.63) is 59.7 Å². The molecule has 2 aliphatic rings. The predicted octanol–water partition coefficient (Wildman–Crippen LogP) is 4.84. The van der Waals surface area contributed by atoms with Crippen LogP contribution in [-0.4, -0.2) is 41.8 Å². The number of nitrogens with one attached hydrogen (secondary N) is 2. The Bertz CT molecular complexity index is 1020. The molecule has 186 valence electrons. The number of carbonyl (C=O) groups excluding carboxylic acids is 2. The second-order valence-corrected chi connectivity index (χ2v) is 9.62. The Morgan fingerprint density at radius 1 is 1.03 bits per heavy atom. The summed E-state index contributed by atoms with van der Waals surface area (Å²) in [5, 5.41) is 15.0. The van der Waals surface area contributed by atoms with Crippen LogP contribution < -0.4 is 10.6 Å². The first-order valence-electron chi connectivity index (χ1n) is 12.6. The van der Waals surface area contributed by atoms with Crippen LogP contribution in [0.5, 0.6) is 0 Å². The molecule has 0 aliphatic heterocycles. The van der Waals surface area contributed by atoms with E-state index in [0.29, 0.717) is 12.8 Å². The average Bonchev–Trinajstić information content (AvgIpc) is 3.16. The lowest BCUT2D eigenvalue weighted by atomic mass is 9.85. The molecule has 2 aliphatic carbocycles. The van der Waals surface area contributed by atoms with Crippen LogP contribution in [0.25, 0.3) is 11.1 Å². The number of hydrogen-bond donors (Lipinski definition) is 3. The third kappa shape index (κ3) is 6.02. The molecule has 35 heavy (non-hydrogen) atoms. The Hall–Kier alpha value is -3.35. The molecule has 7 nitrogen and oxygen atoms in total. The van der Waals surface area contributed by atoms with Crippen molar-refractivity contribution in [2.45, 2.75) is 69.9 Å². The molecule has 3 atom stereocenters. The van der Waals surface area contributed by atoms with E-state index < -0.39 is 12.1 Å². The van der Waals surface area contributed by atoms with Gasteiger partial charge in [0.05, 0.1) is 6.42 Å². The third-order valence-corrected chi connectivity index (χ3v) is 7.12. The molecule has 2 aromatic rings. The summed E-state index contributed by atoms with van der Waals surface area (Å²) in [6.45, 7) is 2.22. The minimum atomic E-state index is -0.915. The van der Waals surface area contributed by atoms with E-state index in [1.807, 2.05) is 31.2 Å². The summed E-state index contributed by atoms with van der Waals surface area (Å²) in [5.74, 6) is -1.27. The quantitative estimate of drug-likeness (QED) is 0.478. The molecule has 0 unspecified atom stereocenters. The van der Waals surface area contributed by atoms with Gasteiger partial charge in [0.1, 0.15) is 6.61 Å². The summed E-state index contributed by atoms with van der Waals surface area (Å²) in [6, 6.07) is 15.9. The van der Waals surface area contributed by atoms with E-state index >= 15 is 0 Å². The van der Waals surface area contributed by atoms with E-state index in [1.54, 1.807) is 0 Å². The number of fused-ring (bicyclic) bond motifs is 3. The Balaban J connectivity index is 1.30. The number of carboxylic acids is 1. The number of ether oxygens (including phenoxy) is 1. The largest absolute Gasteiger partial charge is 0.481 e. The van der Waals surface area contributed by atoms with Crippen molar-refractivity contribution >= 4 is 18.0 Å². The van der Waals surface area contributed by atoms with Crippen LogP contribution in [0.1, 0.15) is 68.9 Å². The molecule has 0 bridgehead atoms. The zero-order valence-electron chi connectivity index (χ0n) is 20.2. The third-order valence-electron chi connectivity index (χ3n) is 7.12. The zero-order valence-corrected chi connectivity index (χ0v) is 20.2. The maximum absolute atomic E-state index is 12.8. The van der Waals surface area contributed by atoms with Crippen LogP contribution in [0.15, 0.2) is 48.5 Å². The summed E-state index contributed by atoms with van der Waals surface area (Å²) < 4.78 is 5.66. The topological polar surface area (TPSA) is 105 Å². The van der Waals surface area contributed by atoms with E-state index in [2.05, 4.69) is 34.9 Å². The van der Waals surface area contributed by atoms with Gasteiger partial charge in [0.2, 0.25) is 5.91 Å². The molecule has 0 saturated heterocycles. The van der Waals surface area contributed by atoms with Gasteiger partial charge in [0.15, 0.2) is 0 Å². The second kappa shape index (κ2) is 11.4. The molecule has 0 aromatic heterocycles. The molecule has 4 rings (SSSR count). The minimum Gasteiger partial charge on any atom is -0.481 e. The first kappa shape index (κ1) is 24.8. The lowest BCUT2D eigenvalue weighted by Gasteiger charge is -2.30. The number of carboxylic acid groups (broad SMARTS) is 1. The van der Waals surface area contributed by atoms with Crippen molar-refractivity contribution in [3.63, 3.8) is 0 Å². The normalized spacial score (nSPS) is 19.8. The fourth-order valence-corrected chi connectivity index (χ4v) is 5.47. The molecule has 2 amide bonds. The van der Waals surface area contributed by atoms with Gasteiger partial charge in [-0.05, 0) is 47.9 Å². The monoisotopic (exact) mass is 478 g/mol. The molecule has 1 saturated carbocycles. The van der Waals surface area contributed by atoms with Crippen molar-refractivity contribution in [1.29, 1.82) is 0 Å². The van der Waals surface area contributed by atoms with Crippen LogP contribution in [0, 0.1) is 5.92 Å². The first-order valence-corrected chi connectivity index (χ1v) is 12.6. The van der Waals surface area contributed by atoms with Gasteiger partial charge in [-0.1, -0.05) is 68.3 Å². The van der Waals surface area contributed by atoms with Gasteiger partial charge in [-0.3, -0.25) is 9.59 Å². The summed E-state index contributed by atoms with van der Waals surface area (Å²) in [7, 11) is 0. The van der Waals surface area contributed by atoms with Crippen LogP contribution in [0.2, 0.25) is 0 Å². The summed E-state index contributed by atoms with van der Waals surface area (Å²) in [4.78, 5) is 36.5. The Morgan fingerprint density at radius 3 is 2.31 bits per heavy atom. The molecule has 1 fully saturated rings. The van der Waals surface area contributed by atoms with E-state index in [9.17, 15) is 14.4 Å². The smallest absolute Gasteiger partial charge is 0.407 e. The first-order chi connectivity index (χ1) is 17.0. The van der Waals surface area contributed by atoms with Crippen molar-refractivity contribution in [1.82, 2.24) is 10.6 Å². The van der Waals surface area contributed by atoms with Gasteiger partial charge >= 0.3 is 12.1 Å². The standard InChI is InChI=1S/C28H34N2O5/c1-2-8-19(16-26(31)32)29-27(33)18-9-7-10-20(15-18)30-28(34)35-17-25-23-13-5-3-11-21(23)22-12-4-6-14-24(22)25/h3-6,11-14,18-20,25H,2,7-10,15-17H2,1H3,(H,29,33)(H,30,34)(H,31,32)/t18-,19-,20+/m1/s1. The number of carbonyl (C=O) groups is 3. The summed E-state index contributed by atoms with van der Waals surface area (Å²) >= 11 is 0. The Labute approximate surface area is 206 Å². The summed E-state index contributed by atoms with van der Waals surface area (Å²) in [5.41, 5.74) is 4.70. The number of alkyl carbamates (subject to hydrolysis) is 1. The fraction of sp³-hybridized carbons (Fsp3) is 0.464. The van der Waals surface area contributed by atoms with Gasteiger partial charge in [-0.2, -0.15) is 0 Å². The van der Waals surface area contributed by atoms with Crippen LogP contribution in [0.4, 0.5) is 4.79 Å². The Morgan fingerprint density at radius 2 is 1.69 bits per heavy atom. The van der Waals surface area contributed by atoms with E-state index in [0.717, 1.165) is 25.7 Å². The molecule has 0 radical (unpaired) electrons. The van der Waals surface area contributed by atoms with Crippen molar-refractivity contribution in [2.24, 2.45) is 5.92 Å². The second-order valence-electron chi connectivity index (χ2n) is 9.62. The highest BCUT2D eigenvalue weighted by Crippen LogP contribution is 2.44. The predicted molar refractivity (Wildman–Crippen MR) is 133 cm³/mol. The average molecular weight is 479 g/mol. The molecule has 0 heterocycles. The maximum Gasteiger partial charge on any atom is 0.407 e. The minimum absolute atomic E-state index is 0.00256. The number of amides is 2. The van der Waals surface area contributed by atoms with Crippen molar-refractivity contribution < 1.29 is 24.2 Å². The number of benzene rings is 2. The van der Waals surface area contributed by atoms with Crippen molar-refractivity contribution in [2.75, 3.05) is 6.61 Å². The molecule has 2 aromatic carbocycles. The lowest BCUT2D eigenvalue weighted by molar-refractivity contribution is -0.138. The van der Waals surface area contributed by atoms with Crippen molar-refractivity contribution in [3.8, 4) is 11.1 Å². The van der Waals surface area contributed by atoms with Gasteiger partial charge in [0, 0.05) is 23.9 Å².